The van der Waals surface area contributed by atoms with Crippen molar-refractivity contribution in [1.82, 2.24) is 19.1 Å². The van der Waals surface area contributed by atoms with Crippen LogP contribution in [0.25, 0.3) is 0 Å². The molecule has 0 unspecified atom stereocenters. The molecule has 0 aliphatic carbocycles. The highest BCUT2D eigenvalue weighted by atomic mass is 32.2. The Morgan fingerprint density at radius 3 is 2.46 bits per heavy atom. The van der Waals surface area contributed by atoms with Gasteiger partial charge in [-0.1, -0.05) is 42.5 Å². The van der Waals surface area contributed by atoms with Crippen LogP contribution in [0, 0.1) is 5.82 Å². The Labute approximate surface area is 206 Å². The molecule has 2 atom stereocenters. The largest absolute Gasteiger partial charge is 0.381 e. The highest BCUT2D eigenvalue weighted by Crippen LogP contribution is 2.40. The Kier molecular flexibility index (Phi) is 6.74. The summed E-state index contributed by atoms with van der Waals surface area (Å²) in [6.07, 6.45) is 6.18. The van der Waals surface area contributed by atoms with Gasteiger partial charge in [0.2, 0.25) is 10.0 Å². The van der Waals surface area contributed by atoms with E-state index in [1.165, 1.54) is 4.31 Å². The Morgan fingerprint density at radius 1 is 1.06 bits per heavy atom. The van der Waals surface area contributed by atoms with Gasteiger partial charge in [-0.05, 0) is 49.8 Å². The summed E-state index contributed by atoms with van der Waals surface area (Å²) < 4.78 is 51.6. The molecule has 0 spiro atoms. The number of sulfonamides is 1. The summed E-state index contributed by atoms with van der Waals surface area (Å²) in [5, 5.41) is 7.21. The third-order valence-electron chi connectivity index (χ3n) is 7.59. The van der Waals surface area contributed by atoms with E-state index < -0.39 is 15.3 Å². The van der Waals surface area contributed by atoms with E-state index in [4.69, 9.17) is 4.74 Å². The molecule has 1 aromatic heterocycles. The first-order valence-electron chi connectivity index (χ1n) is 12.1. The van der Waals surface area contributed by atoms with Crippen LogP contribution in [0.3, 0.4) is 0 Å². The lowest BCUT2D eigenvalue weighted by Gasteiger charge is -2.39. The van der Waals surface area contributed by atoms with Crippen LogP contribution < -0.4 is 0 Å². The number of ether oxygens (including phenoxy) is 1. The van der Waals surface area contributed by atoms with Gasteiger partial charge in [0.25, 0.3) is 0 Å². The third kappa shape index (κ3) is 4.77. The summed E-state index contributed by atoms with van der Waals surface area (Å²) in [6, 6.07) is 14.4. The van der Waals surface area contributed by atoms with Crippen molar-refractivity contribution in [3.63, 3.8) is 0 Å². The second-order valence-electron chi connectivity index (χ2n) is 9.75. The van der Waals surface area contributed by atoms with Crippen LogP contribution >= 0.6 is 0 Å². The van der Waals surface area contributed by atoms with E-state index in [1.54, 1.807) is 24.8 Å². The molecule has 0 bridgehead atoms. The van der Waals surface area contributed by atoms with Crippen molar-refractivity contribution in [2.45, 2.75) is 62.4 Å². The Morgan fingerprint density at radius 2 is 1.77 bits per heavy atom. The smallest absolute Gasteiger partial charge is 0.221 e. The highest BCUT2D eigenvalue weighted by molar-refractivity contribution is 7.89. The van der Waals surface area contributed by atoms with Crippen LogP contribution in [0.1, 0.15) is 54.5 Å². The van der Waals surface area contributed by atoms with Crippen molar-refractivity contribution >= 4 is 10.0 Å². The first-order valence-corrected chi connectivity index (χ1v) is 13.6. The molecule has 2 aliphatic rings. The summed E-state index contributed by atoms with van der Waals surface area (Å²) >= 11 is 0. The molecule has 0 amide bonds. The number of hydrogen-bond donors (Lipinski definition) is 0. The minimum absolute atomic E-state index is 0.0283. The summed E-state index contributed by atoms with van der Waals surface area (Å²) in [5.74, 6) is -0.374. The van der Waals surface area contributed by atoms with Gasteiger partial charge >= 0.3 is 0 Å². The van der Waals surface area contributed by atoms with Gasteiger partial charge in [-0.15, -0.1) is 10.2 Å². The molecule has 3 aromatic rings. The Balaban J connectivity index is 1.42. The quantitative estimate of drug-likeness (QED) is 0.509. The van der Waals surface area contributed by atoms with Gasteiger partial charge in [-0.2, -0.15) is 4.31 Å². The molecule has 186 valence electrons. The van der Waals surface area contributed by atoms with Crippen molar-refractivity contribution in [2.75, 3.05) is 13.2 Å². The summed E-state index contributed by atoms with van der Waals surface area (Å²) in [4.78, 5) is 0. The van der Waals surface area contributed by atoms with Crippen molar-refractivity contribution in [1.29, 1.82) is 0 Å². The minimum Gasteiger partial charge on any atom is -0.381 e. The summed E-state index contributed by atoms with van der Waals surface area (Å²) in [5.41, 5.74) is 1.79. The van der Waals surface area contributed by atoms with Crippen LogP contribution in [0.2, 0.25) is 0 Å². The molecule has 2 saturated heterocycles. The molecule has 0 radical (unpaired) electrons. The zero-order valence-electron chi connectivity index (χ0n) is 19.9. The van der Waals surface area contributed by atoms with Gasteiger partial charge in [0, 0.05) is 43.3 Å². The van der Waals surface area contributed by atoms with Crippen LogP contribution in [-0.4, -0.2) is 46.7 Å². The number of rotatable bonds is 6. The fourth-order valence-corrected chi connectivity index (χ4v) is 7.67. The van der Waals surface area contributed by atoms with Crippen LogP contribution in [0.4, 0.5) is 4.39 Å². The first kappa shape index (κ1) is 24.1. The number of hydrogen-bond acceptors (Lipinski definition) is 5. The van der Waals surface area contributed by atoms with Gasteiger partial charge in [-0.25, -0.2) is 12.8 Å². The standard InChI is InChI=1S/C26H31FN4O3S/c1-20-7-10-25(21-5-3-2-4-6-21)35(32,33)31(20)16-22-8-9-23(15-24(22)27)26(11-13-34-14-12-26)17-30-18-28-29-19-30/h2-6,8-9,15,18-20,25H,7,10-14,16-17H2,1H3/t20-,25+/m0/s1. The molecular weight excluding hydrogens is 467 g/mol. The monoisotopic (exact) mass is 498 g/mol. The van der Waals surface area contributed by atoms with Crippen molar-refractivity contribution in [3.05, 3.63) is 83.7 Å². The average Bonchev–Trinajstić information content (AvgIpc) is 3.36. The number of aromatic nitrogens is 3. The SMILES string of the molecule is C[C@H]1CC[C@H](c2ccccc2)S(=O)(=O)N1Cc1ccc(C2(Cn3cnnc3)CCOCC2)cc1F. The molecular formula is C26H31FN4O3S. The zero-order valence-corrected chi connectivity index (χ0v) is 20.7. The fraction of sp³-hybridized carbons (Fsp3) is 0.462. The normalized spacial score (nSPS) is 24.3. The van der Waals surface area contributed by atoms with Crippen LogP contribution in [0.15, 0.2) is 61.2 Å². The van der Waals surface area contributed by atoms with E-state index in [2.05, 4.69) is 10.2 Å². The lowest BCUT2D eigenvalue weighted by Crippen LogP contribution is -2.45. The molecule has 5 rings (SSSR count). The number of halogens is 1. The predicted octanol–water partition coefficient (Wildman–Crippen LogP) is 4.22. The van der Waals surface area contributed by atoms with Crippen LogP contribution in [0.5, 0.6) is 0 Å². The summed E-state index contributed by atoms with van der Waals surface area (Å²) in [6.45, 7) is 3.78. The number of benzene rings is 2. The van der Waals surface area contributed by atoms with Crippen molar-refractivity contribution < 1.29 is 17.5 Å². The van der Waals surface area contributed by atoms with Gasteiger partial charge in [0.1, 0.15) is 23.7 Å². The predicted molar refractivity (Wildman–Crippen MR) is 130 cm³/mol. The van der Waals surface area contributed by atoms with Crippen LogP contribution in [-0.2, 0) is 33.3 Å². The second-order valence-corrected chi connectivity index (χ2v) is 11.8. The van der Waals surface area contributed by atoms with Gasteiger partial charge < -0.3 is 9.30 Å². The lowest BCUT2D eigenvalue weighted by atomic mass is 9.73. The molecule has 2 fully saturated rings. The molecule has 0 saturated carbocycles. The Bertz CT molecular complexity index is 1240. The average molecular weight is 499 g/mol. The maximum atomic E-state index is 15.5. The fourth-order valence-electron chi connectivity index (χ4n) is 5.48. The molecule has 9 heteroatoms. The maximum Gasteiger partial charge on any atom is 0.221 e. The maximum absolute atomic E-state index is 15.5. The van der Waals surface area contributed by atoms with Gasteiger partial charge in [0.15, 0.2) is 0 Å². The number of nitrogens with zero attached hydrogens (tertiary/aromatic N) is 4. The summed E-state index contributed by atoms with van der Waals surface area (Å²) in [7, 11) is -3.63. The minimum atomic E-state index is -3.63. The van der Waals surface area contributed by atoms with E-state index in [-0.39, 0.29) is 23.8 Å². The highest BCUT2D eigenvalue weighted by Gasteiger charge is 2.41. The molecule has 7 nitrogen and oxygen atoms in total. The van der Waals surface area contributed by atoms with Gasteiger partial charge in [0.05, 0.1) is 0 Å². The topological polar surface area (TPSA) is 77.3 Å². The Hall–Kier alpha value is -2.62. The lowest BCUT2D eigenvalue weighted by molar-refractivity contribution is 0.0433. The molecule has 3 heterocycles. The second kappa shape index (κ2) is 9.79. The van der Waals surface area contributed by atoms with E-state index in [9.17, 15) is 8.42 Å². The first-order chi connectivity index (χ1) is 16.9. The zero-order chi connectivity index (χ0) is 24.5. The van der Waals surface area contributed by atoms with Gasteiger partial charge in [-0.3, -0.25) is 0 Å². The van der Waals surface area contributed by atoms with E-state index in [1.807, 2.05) is 47.9 Å². The van der Waals surface area contributed by atoms with E-state index >= 15 is 4.39 Å². The van der Waals surface area contributed by atoms with Crippen molar-refractivity contribution in [2.24, 2.45) is 0 Å². The molecule has 0 N–H and O–H groups in total. The van der Waals surface area contributed by atoms with Crippen molar-refractivity contribution in [3.8, 4) is 0 Å². The molecule has 35 heavy (non-hydrogen) atoms. The molecule has 2 aliphatic heterocycles. The van der Waals surface area contributed by atoms with E-state index in [0.29, 0.717) is 31.7 Å². The third-order valence-corrected chi connectivity index (χ3v) is 9.96. The van der Waals surface area contributed by atoms with E-state index in [0.717, 1.165) is 30.4 Å². The molecule has 2 aromatic carbocycles.